The Balaban J connectivity index is 2.53. The van der Waals surface area contributed by atoms with E-state index in [9.17, 15) is 0 Å². The standard InChI is InChI=1S/C15H16Br3N3/c1-3-5-12-13(18)15(19-4-2)21-14(20-12)9-6-7-10(16)11(17)8-9/h6-8H,3-5H2,1-2H3,(H,19,20,21). The van der Waals surface area contributed by atoms with Gasteiger partial charge in [0.25, 0.3) is 0 Å². The molecular formula is C15H16Br3N3. The summed E-state index contributed by atoms with van der Waals surface area (Å²) in [6.07, 6.45) is 1.97. The minimum atomic E-state index is 0.741. The Morgan fingerprint density at radius 2 is 1.81 bits per heavy atom. The summed E-state index contributed by atoms with van der Waals surface area (Å²) in [5, 5.41) is 3.29. The second-order valence-electron chi connectivity index (χ2n) is 4.57. The molecule has 0 unspecified atom stereocenters. The molecule has 6 heteroatoms. The molecule has 3 nitrogen and oxygen atoms in total. The summed E-state index contributed by atoms with van der Waals surface area (Å²) in [6.45, 7) is 5.03. The van der Waals surface area contributed by atoms with Gasteiger partial charge in [0.05, 0.1) is 10.2 Å². The summed E-state index contributed by atoms with van der Waals surface area (Å²) in [5.74, 6) is 1.59. The Hall–Kier alpha value is -0.460. The van der Waals surface area contributed by atoms with Gasteiger partial charge in [0.15, 0.2) is 5.82 Å². The van der Waals surface area contributed by atoms with Crippen LogP contribution in [0.2, 0.25) is 0 Å². The number of aryl methyl sites for hydroxylation is 1. The first-order valence-electron chi connectivity index (χ1n) is 6.82. The van der Waals surface area contributed by atoms with Gasteiger partial charge in [-0.1, -0.05) is 13.3 Å². The second-order valence-corrected chi connectivity index (χ2v) is 7.07. The van der Waals surface area contributed by atoms with E-state index < -0.39 is 0 Å². The van der Waals surface area contributed by atoms with Crippen molar-refractivity contribution in [2.45, 2.75) is 26.7 Å². The zero-order valence-corrected chi connectivity index (χ0v) is 16.6. The molecule has 0 spiro atoms. The first-order chi connectivity index (χ1) is 10.1. The molecule has 1 heterocycles. The quantitative estimate of drug-likeness (QED) is 0.590. The summed E-state index contributed by atoms with van der Waals surface area (Å²) in [7, 11) is 0. The van der Waals surface area contributed by atoms with Crippen molar-refractivity contribution in [3.8, 4) is 11.4 Å². The Labute approximate surface area is 150 Å². The van der Waals surface area contributed by atoms with E-state index in [1.54, 1.807) is 0 Å². The Bertz CT molecular complexity index is 617. The van der Waals surface area contributed by atoms with Gasteiger partial charge < -0.3 is 5.32 Å². The molecule has 1 aromatic carbocycles. The van der Waals surface area contributed by atoms with Crippen molar-refractivity contribution in [2.75, 3.05) is 11.9 Å². The predicted octanol–water partition coefficient (Wildman–Crippen LogP) is 5.82. The van der Waals surface area contributed by atoms with Crippen LogP contribution in [-0.2, 0) is 6.42 Å². The van der Waals surface area contributed by atoms with Crippen LogP contribution < -0.4 is 5.32 Å². The molecule has 2 aromatic rings. The molecule has 0 fully saturated rings. The third-order valence-corrected chi connectivity index (χ3v) is 5.64. The molecule has 0 bridgehead atoms. The Kier molecular flexibility index (Phi) is 6.20. The molecule has 0 saturated heterocycles. The molecule has 112 valence electrons. The van der Waals surface area contributed by atoms with Crippen molar-refractivity contribution in [1.29, 1.82) is 0 Å². The van der Waals surface area contributed by atoms with Crippen LogP contribution in [-0.4, -0.2) is 16.5 Å². The molecule has 2 rings (SSSR count). The Morgan fingerprint density at radius 3 is 2.43 bits per heavy atom. The number of benzene rings is 1. The van der Waals surface area contributed by atoms with E-state index in [1.165, 1.54) is 0 Å². The van der Waals surface area contributed by atoms with Crippen molar-refractivity contribution in [1.82, 2.24) is 9.97 Å². The van der Waals surface area contributed by atoms with E-state index >= 15 is 0 Å². The zero-order chi connectivity index (χ0) is 15.4. The van der Waals surface area contributed by atoms with Crippen molar-refractivity contribution in [2.24, 2.45) is 0 Å². The van der Waals surface area contributed by atoms with Crippen LogP contribution >= 0.6 is 47.8 Å². The third-order valence-electron chi connectivity index (χ3n) is 2.93. The van der Waals surface area contributed by atoms with Gasteiger partial charge in [-0.3, -0.25) is 0 Å². The van der Waals surface area contributed by atoms with Crippen LogP contribution in [0.5, 0.6) is 0 Å². The lowest BCUT2D eigenvalue weighted by Crippen LogP contribution is -2.06. The SMILES string of the molecule is CCCc1nc(-c2ccc(Br)c(Br)c2)nc(NCC)c1Br. The smallest absolute Gasteiger partial charge is 0.161 e. The normalized spacial score (nSPS) is 10.7. The molecule has 1 N–H and O–H groups in total. The molecular weight excluding hydrogens is 462 g/mol. The maximum Gasteiger partial charge on any atom is 0.161 e. The summed E-state index contributed by atoms with van der Waals surface area (Å²) in [5.41, 5.74) is 2.03. The molecule has 0 atom stereocenters. The Morgan fingerprint density at radius 1 is 1.05 bits per heavy atom. The lowest BCUT2D eigenvalue weighted by molar-refractivity contribution is 0.867. The highest BCUT2D eigenvalue weighted by Crippen LogP contribution is 2.31. The summed E-state index contributed by atoms with van der Waals surface area (Å²) in [4.78, 5) is 9.35. The van der Waals surface area contributed by atoms with Gasteiger partial charge in [0.1, 0.15) is 5.82 Å². The van der Waals surface area contributed by atoms with Gasteiger partial charge >= 0.3 is 0 Å². The van der Waals surface area contributed by atoms with Crippen molar-refractivity contribution in [3.63, 3.8) is 0 Å². The fourth-order valence-corrected chi connectivity index (χ4v) is 3.09. The summed E-state index contributed by atoms with van der Waals surface area (Å²) < 4.78 is 2.98. The molecule has 0 saturated carbocycles. The minimum Gasteiger partial charge on any atom is -0.369 e. The monoisotopic (exact) mass is 475 g/mol. The zero-order valence-electron chi connectivity index (χ0n) is 11.9. The maximum atomic E-state index is 4.71. The van der Waals surface area contributed by atoms with Crippen LogP contribution in [0.3, 0.4) is 0 Å². The van der Waals surface area contributed by atoms with Gasteiger partial charge in [-0.15, -0.1) is 0 Å². The lowest BCUT2D eigenvalue weighted by Gasteiger charge is -2.12. The number of anilines is 1. The number of hydrogen-bond donors (Lipinski definition) is 1. The van der Waals surface area contributed by atoms with Gasteiger partial charge in [0, 0.05) is 21.1 Å². The highest BCUT2D eigenvalue weighted by molar-refractivity contribution is 9.13. The first-order valence-corrected chi connectivity index (χ1v) is 9.20. The third kappa shape index (κ3) is 4.05. The predicted molar refractivity (Wildman–Crippen MR) is 98.7 cm³/mol. The van der Waals surface area contributed by atoms with Gasteiger partial charge in [-0.25, -0.2) is 9.97 Å². The van der Waals surface area contributed by atoms with Crippen LogP contribution in [0.15, 0.2) is 31.6 Å². The van der Waals surface area contributed by atoms with Crippen LogP contribution in [0, 0.1) is 0 Å². The highest BCUT2D eigenvalue weighted by atomic mass is 79.9. The molecule has 21 heavy (non-hydrogen) atoms. The molecule has 0 aliphatic rings. The van der Waals surface area contributed by atoms with Gasteiger partial charge in [-0.05, 0) is 79.3 Å². The van der Waals surface area contributed by atoms with E-state index in [4.69, 9.17) is 4.98 Å². The summed E-state index contributed by atoms with van der Waals surface area (Å²) >= 11 is 10.6. The first kappa shape index (κ1) is 16.9. The minimum absolute atomic E-state index is 0.741. The van der Waals surface area contributed by atoms with E-state index in [1.807, 2.05) is 18.2 Å². The van der Waals surface area contributed by atoms with Gasteiger partial charge in [-0.2, -0.15) is 0 Å². The molecule has 0 aliphatic heterocycles. The second kappa shape index (κ2) is 7.70. The number of aromatic nitrogens is 2. The number of halogens is 3. The maximum absolute atomic E-state index is 4.71. The highest BCUT2D eigenvalue weighted by Gasteiger charge is 2.13. The average molecular weight is 478 g/mol. The van der Waals surface area contributed by atoms with Gasteiger partial charge in [0.2, 0.25) is 0 Å². The van der Waals surface area contributed by atoms with Crippen molar-refractivity contribution in [3.05, 3.63) is 37.3 Å². The lowest BCUT2D eigenvalue weighted by atomic mass is 10.2. The largest absolute Gasteiger partial charge is 0.369 e. The molecule has 0 aliphatic carbocycles. The van der Waals surface area contributed by atoms with Crippen molar-refractivity contribution < 1.29 is 0 Å². The number of nitrogens with one attached hydrogen (secondary N) is 1. The fourth-order valence-electron chi connectivity index (χ4n) is 1.94. The molecule has 0 amide bonds. The average Bonchev–Trinajstić information content (AvgIpc) is 2.46. The van der Waals surface area contributed by atoms with Crippen LogP contribution in [0.1, 0.15) is 26.0 Å². The van der Waals surface area contributed by atoms with E-state index in [0.717, 1.165) is 55.7 Å². The van der Waals surface area contributed by atoms with Crippen molar-refractivity contribution >= 4 is 53.6 Å². The van der Waals surface area contributed by atoms with E-state index in [0.29, 0.717) is 0 Å². The van der Waals surface area contributed by atoms with E-state index in [2.05, 4.69) is 71.9 Å². The topological polar surface area (TPSA) is 37.8 Å². The molecule has 1 aromatic heterocycles. The van der Waals surface area contributed by atoms with Crippen LogP contribution in [0.4, 0.5) is 5.82 Å². The number of nitrogens with zero attached hydrogens (tertiary/aromatic N) is 2. The summed E-state index contributed by atoms with van der Waals surface area (Å²) in [6, 6.07) is 6.04. The number of hydrogen-bond acceptors (Lipinski definition) is 3. The fraction of sp³-hybridized carbons (Fsp3) is 0.333. The molecule has 0 radical (unpaired) electrons. The van der Waals surface area contributed by atoms with Crippen LogP contribution in [0.25, 0.3) is 11.4 Å². The number of rotatable bonds is 5. The van der Waals surface area contributed by atoms with E-state index in [-0.39, 0.29) is 0 Å².